The minimum absolute atomic E-state index is 0.0895. The summed E-state index contributed by atoms with van der Waals surface area (Å²) in [5, 5.41) is 19.7. The molecular weight excluding hydrogens is 326 g/mol. The topological polar surface area (TPSA) is 89.0 Å². The lowest BCUT2D eigenvalue weighted by Gasteiger charge is -2.08. The maximum atomic E-state index is 10.7. The van der Waals surface area contributed by atoms with Crippen LogP contribution in [0.5, 0.6) is 11.5 Å². The monoisotopic (exact) mass is 333 g/mol. The Morgan fingerprint density at radius 2 is 2.05 bits per heavy atom. The molecule has 0 N–H and O–H groups in total. The van der Waals surface area contributed by atoms with Gasteiger partial charge >= 0.3 is 0 Å². The van der Waals surface area contributed by atoms with Crippen molar-refractivity contribution in [1.29, 1.82) is 5.26 Å². The molecule has 7 heteroatoms. The van der Waals surface area contributed by atoms with E-state index in [4.69, 9.17) is 10.00 Å². The zero-order chi connectivity index (χ0) is 14.7. The van der Waals surface area contributed by atoms with Gasteiger partial charge in [0.2, 0.25) is 0 Å². The lowest BCUT2D eigenvalue weighted by Crippen LogP contribution is -1.94. The van der Waals surface area contributed by atoms with Crippen molar-refractivity contribution in [3.63, 3.8) is 0 Å². The van der Waals surface area contributed by atoms with Crippen LogP contribution in [0, 0.1) is 28.4 Å². The van der Waals surface area contributed by atoms with Gasteiger partial charge in [0.1, 0.15) is 22.0 Å². The summed E-state index contributed by atoms with van der Waals surface area (Å²) in [5.74, 6) is 0.672. The summed E-state index contributed by atoms with van der Waals surface area (Å²) in [4.78, 5) is 14.3. The van der Waals surface area contributed by atoms with Crippen LogP contribution in [0.1, 0.15) is 11.3 Å². The van der Waals surface area contributed by atoms with E-state index in [1.807, 2.05) is 13.0 Å². The van der Waals surface area contributed by atoms with Gasteiger partial charge in [0.15, 0.2) is 5.75 Å². The van der Waals surface area contributed by atoms with Crippen molar-refractivity contribution in [2.24, 2.45) is 0 Å². The first kappa shape index (κ1) is 14.0. The molecule has 0 unspecified atom stereocenters. The first-order valence-electron chi connectivity index (χ1n) is 5.51. The van der Waals surface area contributed by atoms with Gasteiger partial charge in [-0.2, -0.15) is 5.26 Å². The smallest absolute Gasteiger partial charge is 0.271 e. The van der Waals surface area contributed by atoms with Gasteiger partial charge in [-0.05, 0) is 41.1 Å². The summed E-state index contributed by atoms with van der Waals surface area (Å²) in [7, 11) is 0. The summed E-state index contributed by atoms with van der Waals surface area (Å²) in [6, 6.07) is 9.19. The Hall–Kier alpha value is -2.46. The van der Waals surface area contributed by atoms with E-state index in [9.17, 15) is 10.1 Å². The molecule has 1 aromatic heterocycles. The summed E-state index contributed by atoms with van der Waals surface area (Å²) in [5.41, 5.74) is 0.745. The van der Waals surface area contributed by atoms with Gasteiger partial charge in [-0.3, -0.25) is 10.1 Å². The standard InChI is InChI=1S/C13H8BrN3O3/c1-8-2-4-12(13(14)16-8)20-11-5-3-10(17(18)19)6-9(11)7-15/h2-6H,1H3. The first-order valence-corrected chi connectivity index (χ1v) is 6.30. The molecule has 0 aliphatic heterocycles. The van der Waals surface area contributed by atoms with E-state index < -0.39 is 4.92 Å². The Kier molecular flexibility index (Phi) is 3.96. The number of hydrogen-bond acceptors (Lipinski definition) is 5. The molecule has 0 saturated heterocycles. The van der Waals surface area contributed by atoms with Gasteiger partial charge in [-0.15, -0.1) is 0 Å². The van der Waals surface area contributed by atoms with E-state index in [2.05, 4.69) is 20.9 Å². The van der Waals surface area contributed by atoms with Gasteiger partial charge in [0.05, 0.1) is 4.92 Å². The fourth-order valence-corrected chi connectivity index (χ4v) is 2.01. The van der Waals surface area contributed by atoms with Crippen molar-refractivity contribution in [3.05, 3.63) is 56.3 Å². The Bertz CT molecular complexity index is 725. The molecule has 1 aromatic carbocycles. The molecule has 0 aliphatic carbocycles. The van der Waals surface area contributed by atoms with Crippen molar-refractivity contribution >= 4 is 21.6 Å². The third kappa shape index (κ3) is 2.92. The molecular formula is C13H8BrN3O3. The molecule has 0 atom stereocenters. The third-order valence-corrected chi connectivity index (χ3v) is 3.04. The maximum absolute atomic E-state index is 10.7. The number of hydrogen-bond donors (Lipinski definition) is 0. The van der Waals surface area contributed by atoms with Crippen LogP contribution in [0.3, 0.4) is 0 Å². The SMILES string of the molecule is Cc1ccc(Oc2ccc([N+](=O)[O-])cc2C#N)c(Br)n1. The number of nitriles is 1. The van der Waals surface area contributed by atoms with Crippen LogP contribution in [0.15, 0.2) is 34.9 Å². The van der Waals surface area contributed by atoms with Crippen LogP contribution in [0.4, 0.5) is 5.69 Å². The van der Waals surface area contributed by atoms with Crippen molar-refractivity contribution in [2.45, 2.75) is 6.92 Å². The number of aromatic nitrogens is 1. The summed E-state index contributed by atoms with van der Waals surface area (Å²) >= 11 is 3.26. The number of halogens is 1. The van der Waals surface area contributed by atoms with Crippen LogP contribution < -0.4 is 4.74 Å². The molecule has 0 amide bonds. The van der Waals surface area contributed by atoms with Crippen molar-refractivity contribution in [3.8, 4) is 17.6 Å². The average Bonchev–Trinajstić information content (AvgIpc) is 2.42. The van der Waals surface area contributed by atoms with Crippen LogP contribution in [-0.2, 0) is 0 Å². The van der Waals surface area contributed by atoms with E-state index in [0.717, 1.165) is 5.69 Å². The zero-order valence-electron chi connectivity index (χ0n) is 10.3. The molecule has 2 rings (SSSR count). The lowest BCUT2D eigenvalue weighted by atomic mass is 10.2. The van der Waals surface area contributed by atoms with Crippen LogP contribution in [-0.4, -0.2) is 9.91 Å². The van der Waals surface area contributed by atoms with Crippen molar-refractivity contribution in [1.82, 2.24) is 4.98 Å². The van der Waals surface area contributed by atoms with Gasteiger partial charge in [-0.1, -0.05) is 0 Å². The maximum Gasteiger partial charge on any atom is 0.271 e. The van der Waals surface area contributed by atoms with E-state index in [0.29, 0.717) is 10.4 Å². The highest BCUT2D eigenvalue weighted by atomic mass is 79.9. The fraction of sp³-hybridized carbons (Fsp3) is 0.0769. The van der Waals surface area contributed by atoms with Gasteiger partial charge in [-0.25, -0.2) is 4.98 Å². The van der Waals surface area contributed by atoms with Gasteiger partial charge in [0.25, 0.3) is 5.69 Å². The second-order valence-electron chi connectivity index (χ2n) is 3.89. The molecule has 0 radical (unpaired) electrons. The number of pyridine rings is 1. The number of non-ortho nitro benzene ring substituents is 1. The van der Waals surface area contributed by atoms with E-state index in [-0.39, 0.29) is 17.0 Å². The first-order chi connectivity index (χ1) is 9.51. The number of rotatable bonds is 3. The zero-order valence-corrected chi connectivity index (χ0v) is 11.9. The summed E-state index contributed by atoms with van der Waals surface area (Å²) in [6.07, 6.45) is 0. The van der Waals surface area contributed by atoms with Crippen LogP contribution in [0.2, 0.25) is 0 Å². The third-order valence-electron chi connectivity index (χ3n) is 2.47. The van der Waals surface area contributed by atoms with Crippen LogP contribution >= 0.6 is 15.9 Å². The number of nitrogens with zero attached hydrogens (tertiary/aromatic N) is 3. The number of nitro benzene ring substituents is 1. The predicted octanol–water partition coefficient (Wildman–Crippen LogP) is 3.72. The largest absolute Gasteiger partial charge is 0.453 e. The molecule has 0 fully saturated rings. The Labute approximate surface area is 122 Å². The molecule has 0 aliphatic rings. The molecule has 1 heterocycles. The van der Waals surface area contributed by atoms with E-state index in [1.54, 1.807) is 12.1 Å². The van der Waals surface area contributed by atoms with Crippen LogP contribution in [0.25, 0.3) is 0 Å². The quantitative estimate of drug-likeness (QED) is 0.485. The highest BCUT2D eigenvalue weighted by Gasteiger charge is 2.13. The Balaban J connectivity index is 2.39. The predicted molar refractivity (Wildman–Crippen MR) is 74.6 cm³/mol. The summed E-state index contributed by atoms with van der Waals surface area (Å²) < 4.78 is 6.07. The highest BCUT2D eigenvalue weighted by Crippen LogP contribution is 2.31. The average molecular weight is 334 g/mol. The Morgan fingerprint density at radius 3 is 2.65 bits per heavy atom. The van der Waals surface area contributed by atoms with Gasteiger partial charge in [0, 0.05) is 17.8 Å². The highest BCUT2D eigenvalue weighted by molar-refractivity contribution is 9.10. The normalized spacial score (nSPS) is 9.85. The summed E-state index contributed by atoms with van der Waals surface area (Å²) in [6.45, 7) is 1.83. The molecule has 0 saturated carbocycles. The fourth-order valence-electron chi connectivity index (χ4n) is 1.51. The minimum atomic E-state index is -0.562. The van der Waals surface area contributed by atoms with Crippen molar-refractivity contribution < 1.29 is 9.66 Å². The van der Waals surface area contributed by atoms with Crippen molar-refractivity contribution in [2.75, 3.05) is 0 Å². The number of aryl methyl sites for hydroxylation is 1. The molecule has 20 heavy (non-hydrogen) atoms. The molecule has 2 aromatic rings. The van der Waals surface area contributed by atoms with E-state index in [1.165, 1.54) is 18.2 Å². The lowest BCUT2D eigenvalue weighted by molar-refractivity contribution is -0.384. The van der Waals surface area contributed by atoms with E-state index >= 15 is 0 Å². The molecule has 0 spiro atoms. The minimum Gasteiger partial charge on any atom is -0.453 e. The number of nitro groups is 1. The molecule has 6 nitrogen and oxygen atoms in total. The number of benzene rings is 1. The van der Waals surface area contributed by atoms with Gasteiger partial charge < -0.3 is 4.74 Å². The second kappa shape index (κ2) is 5.67. The molecule has 0 bridgehead atoms. The Morgan fingerprint density at radius 1 is 1.35 bits per heavy atom. The molecule has 100 valence electrons. The number of ether oxygens (including phenoxy) is 1. The second-order valence-corrected chi connectivity index (χ2v) is 4.64.